The largest absolute Gasteiger partial charge is 0.481 e. The topological polar surface area (TPSA) is 34.1 Å². The molecular formula is C13H16N2O. The number of nitrogens with one attached hydrogen (secondary N) is 1. The molecule has 1 aromatic heterocycles. The van der Waals surface area contributed by atoms with Crippen LogP contribution in [0.15, 0.2) is 24.4 Å². The third-order valence-electron chi connectivity index (χ3n) is 3.52. The molecule has 1 N–H and O–H groups in total. The first-order valence-electron chi connectivity index (χ1n) is 5.82. The highest BCUT2D eigenvalue weighted by atomic mass is 16.5. The normalized spacial score (nSPS) is 27.7. The number of fused-ring (bicyclic) bond motifs is 2. The van der Waals surface area contributed by atoms with E-state index in [2.05, 4.69) is 22.4 Å². The highest BCUT2D eigenvalue weighted by molar-refractivity contribution is 5.71. The van der Waals surface area contributed by atoms with E-state index in [1.54, 1.807) is 7.11 Å². The molecular weight excluding hydrogens is 200 g/mol. The molecule has 3 heteroatoms. The number of hydrogen-bond donors (Lipinski definition) is 1. The van der Waals surface area contributed by atoms with Gasteiger partial charge < -0.3 is 10.1 Å². The van der Waals surface area contributed by atoms with E-state index in [1.165, 1.54) is 24.0 Å². The van der Waals surface area contributed by atoms with E-state index >= 15 is 0 Å². The first-order valence-corrected chi connectivity index (χ1v) is 5.82. The zero-order chi connectivity index (χ0) is 11.0. The second-order valence-corrected chi connectivity index (χ2v) is 4.51. The van der Waals surface area contributed by atoms with E-state index in [0.29, 0.717) is 17.8 Å². The number of ether oxygens (including phenoxy) is 1. The maximum absolute atomic E-state index is 5.07. The zero-order valence-electron chi connectivity index (χ0n) is 9.44. The van der Waals surface area contributed by atoms with Gasteiger partial charge in [0.05, 0.1) is 7.11 Å². The van der Waals surface area contributed by atoms with Crippen molar-refractivity contribution in [1.29, 1.82) is 0 Å². The van der Waals surface area contributed by atoms with Gasteiger partial charge in [0, 0.05) is 24.8 Å². The molecule has 2 aliphatic heterocycles. The molecule has 1 fully saturated rings. The van der Waals surface area contributed by atoms with Crippen LogP contribution in [0.5, 0.6) is 5.88 Å². The Morgan fingerprint density at radius 3 is 2.81 bits per heavy atom. The summed E-state index contributed by atoms with van der Waals surface area (Å²) in [7, 11) is 1.64. The number of piperidine rings is 1. The number of rotatable bonds is 2. The van der Waals surface area contributed by atoms with Crippen LogP contribution in [0.3, 0.4) is 0 Å². The number of nitrogens with zero attached hydrogens (tertiary/aromatic N) is 1. The van der Waals surface area contributed by atoms with Gasteiger partial charge in [-0.25, -0.2) is 4.98 Å². The number of aromatic nitrogens is 1. The fraction of sp³-hybridized carbons (Fsp3) is 0.462. The van der Waals surface area contributed by atoms with E-state index < -0.39 is 0 Å². The molecule has 2 unspecified atom stereocenters. The molecule has 1 aromatic rings. The van der Waals surface area contributed by atoms with Crippen LogP contribution in [0.2, 0.25) is 0 Å². The lowest BCUT2D eigenvalue weighted by Gasteiger charge is -2.36. The summed E-state index contributed by atoms with van der Waals surface area (Å²) in [4.78, 5) is 4.27. The zero-order valence-corrected chi connectivity index (χ0v) is 9.44. The van der Waals surface area contributed by atoms with Gasteiger partial charge >= 0.3 is 0 Å². The highest BCUT2D eigenvalue weighted by Gasteiger charge is 2.28. The van der Waals surface area contributed by atoms with Crippen LogP contribution in [0.25, 0.3) is 5.57 Å². The first kappa shape index (κ1) is 9.85. The van der Waals surface area contributed by atoms with Crippen LogP contribution in [-0.2, 0) is 0 Å². The van der Waals surface area contributed by atoms with Crippen LogP contribution < -0.4 is 10.1 Å². The predicted molar refractivity (Wildman–Crippen MR) is 63.3 cm³/mol. The van der Waals surface area contributed by atoms with Crippen LogP contribution >= 0.6 is 0 Å². The molecule has 84 valence electrons. The summed E-state index contributed by atoms with van der Waals surface area (Å²) >= 11 is 0. The van der Waals surface area contributed by atoms with E-state index in [1.807, 2.05) is 12.3 Å². The standard InChI is InChI=1S/C13H16N2O/c1-16-13-5-3-10(8-15-13)11-6-9-2-4-12(11)14-7-9/h3,5-6,8-9,12,14H,2,4,7H2,1H3. The molecule has 2 atom stereocenters. The first-order chi connectivity index (χ1) is 7.86. The van der Waals surface area contributed by atoms with E-state index in [-0.39, 0.29) is 0 Å². The Morgan fingerprint density at radius 2 is 2.31 bits per heavy atom. The molecule has 4 rings (SSSR count). The third-order valence-corrected chi connectivity index (χ3v) is 3.52. The monoisotopic (exact) mass is 216 g/mol. The lowest BCUT2D eigenvalue weighted by atomic mass is 9.80. The fourth-order valence-electron chi connectivity index (χ4n) is 2.63. The minimum Gasteiger partial charge on any atom is -0.481 e. The van der Waals surface area contributed by atoms with Crippen molar-refractivity contribution in [2.24, 2.45) is 5.92 Å². The molecule has 3 nitrogen and oxygen atoms in total. The minimum absolute atomic E-state index is 0.528. The number of methoxy groups -OCH3 is 1. The van der Waals surface area contributed by atoms with Crippen molar-refractivity contribution in [1.82, 2.24) is 10.3 Å². The summed E-state index contributed by atoms with van der Waals surface area (Å²) < 4.78 is 5.07. The second-order valence-electron chi connectivity index (χ2n) is 4.51. The van der Waals surface area contributed by atoms with E-state index in [0.717, 1.165) is 6.54 Å². The average molecular weight is 216 g/mol. The van der Waals surface area contributed by atoms with Crippen molar-refractivity contribution in [3.8, 4) is 5.88 Å². The summed E-state index contributed by atoms with van der Waals surface area (Å²) in [5.74, 6) is 1.39. The SMILES string of the molecule is COc1ccc(C2=CC3CCC2NC3)cn1. The lowest BCUT2D eigenvalue weighted by molar-refractivity contribution is 0.373. The Kier molecular flexibility index (Phi) is 2.40. The Bertz CT molecular complexity index is 402. The Hall–Kier alpha value is -1.35. The van der Waals surface area contributed by atoms with E-state index in [4.69, 9.17) is 4.74 Å². The van der Waals surface area contributed by atoms with Crippen LogP contribution in [0, 0.1) is 5.92 Å². The molecule has 0 aromatic carbocycles. The van der Waals surface area contributed by atoms with Gasteiger partial charge in [-0.1, -0.05) is 6.08 Å². The predicted octanol–water partition coefficient (Wildman–Crippen LogP) is 1.86. The lowest BCUT2D eigenvalue weighted by Crippen LogP contribution is -2.43. The van der Waals surface area contributed by atoms with Crippen LogP contribution in [0.1, 0.15) is 18.4 Å². The number of hydrogen-bond acceptors (Lipinski definition) is 3. The molecule has 2 bridgehead atoms. The van der Waals surface area contributed by atoms with Gasteiger partial charge in [0.25, 0.3) is 0 Å². The van der Waals surface area contributed by atoms with Crippen molar-refractivity contribution in [3.63, 3.8) is 0 Å². The third kappa shape index (κ3) is 1.61. The molecule has 0 saturated carbocycles. The van der Waals surface area contributed by atoms with Crippen molar-refractivity contribution in [2.75, 3.05) is 13.7 Å². The van der Waals surface area contributed by atoms with Crippen LogP contribution in [-0.4, -0.2) is 24.7 Å². The Balaban J connectivity index is 1.91. The molecule has 1 aliphatic carbocycles. The van der Waals surface area contributed by atoms with Gasteiger partial charge in [-0.2, -0.15) is 0 Å². The molecule has 3 heterocycles. The van der Waals surface area contributed by atoms with Gasteiger partial charge in [-0.3, -0.25) is 0 Å². The smallest absolute Gasteiger partial charge is 0.212 e. The minimum atomic E-state index is 0.528. The van der Waals surface area contributed by atoms with Gasteiger partial charge in [0.2, 0.25) is 5.88 Å². The van der Waals surface area contributed by atoms with Crippen molar-refractivity contribution in [3.05, 3.63) is 30.0 Å². The summed E-state index contributed by atoms with van der Waals surface area (Å²) in [6, 6.07) is 4.55. The molecule has 16 heavy (non-hydrogen) atoms. The van der Waals surface area contributed by atoms with Gasteiger partial charge in [-0.15, -0.1) is 0 Å². The molecule has 0 amide bonds. The fourth-order valence-corrected chi connectivity index (χ4v) is 2.63. The molecule has 1 saturated heterocycles. The summed E-state index contributed by atoms with van der Waals surface area (Å²) in [6.45, 7) is 1.14. The van der Waals surface area contributed by atoms with Gasteiger partial charge in [-0.05, 0) is 36.0 Å². The quantitative estimate of drug-likeness (QED) is 0.819. The van der Waals surface area contributed by atoms with Crippen LogP contribution in [0.4, 0.5) is 0 Å². The van der Waals surface area contributed by atoms with Crippen molar-refractivity contribution in [2.45, 2.75) is 18.9 Å². The van der Waals surface area contributed by atoms with Crippen molar-refractivity contribution < 1.29 is 4.74 Å². The molecule has 0 radical (unpaired) electrons. The average Bonchev–Trinajstić information content (AvgIpc) is 2.40. The summed E-state index contributed by atoms with van der Waals surface area (Å²) in [6.07, 6.45) is 6.90. The highest BCUT2D eigenvalue weighted by Crippen LogP contribution is 2.33. The van der Waals surface area contributed by atoms with Crippen molar-refractivity contribution >= 4 is 5.57 Å². The second kappa shape index (κ2) is 3.91. The van der Waals surface area contributed by atoms with Gasteiger partial charge in [0.1, 0.15) is 0 Å². The van der Waals surface area contributed by atoms with Gasteiger partial charge in [0.15, 0.2) is 0 Å². The molecule has 0 spiro atoms. The van der Waals surface area contributed by atoms with E-state index in [9.17, 15) is 0 Å². The summed E-state index contributed by atoms with van der Waals surface area (Å²) in [5, 5.41) is 3.57. The number of pyridine rings is 1. The Labute approximate surface area is 95.5 Å². The maximum atomic E-state index is 5.07. The maximum Gasteiger partial charge on any atom is 0.212 e. The Morgan fingerprint density at radius 1 is 1.38 bits per heavy atom. The molecule has 3 aliphatic rings. The summed E-state index contributed by atoms with van der Waals surface area (Å²) in [5.41, 5.74) is 2.64.